The minimum Gasteiger partial charge on any atom is -0.394 e. The number of aliphatic hydroxyl groups excluding tert-OH is 1. The molecule has 0 aliphatic heterocycles. The molecule has 0 saturated heterocycles. The van der Waals surface area contributed by atoms with E-state index in [1.807, 2.05) is 6.07 Å². The number of carbonyl (C=O) groups excluding carboxylic acids is 1. The molecule has 0 unspecified atom stereocenters. The molecule has 1 amide bonds. The minimum atomic E-state index is -0.606. The van der Waals surface area contributed by atoms with Crippen molar-refractivity contribution in [1.82, 2.24) is 20.1 Å². The molecule has 0 radical (unpaired) electrons. The van der Waals surface area contributed by atoms with Gasteiger partial charge in [-0.1, -0.05) is 18.2 Å². The van der Waals surface area contributed by atoms with Crippen LogP contribution >= 0.6 is 12.2 Å². The van der Waals surface area contributed by atoms with E-state index in [9.17, 15) is 9.90 Å². The zero-order valence-electron chi connectivity index (χ0n) is 10.3. The quantitative estimate of drug-likeness (QED) is 0.727. The summed E-state index contributed by atoms with van der Waals surface area (Å²) in [6, 6.07) is 8.18. The summed E-state index contributed by atoms with van der Waals surface area (Å²) in [5.74, 6) is 0.213. The summed E-state index contributed by atoms with van der Waals surface area (Å²) in [6.45, 7) is -0.258. The molecule has 100 valence electrons. The number of nitrogens with zero attached hydrogens (tertiary/aromatic N) is 2. The summed E-state index contributed by atoms with van der Waals surface area (Å²) in [4.78, 5) is 12.0. The Hall–Kier alpha value is -1.99. The van der Waals surface area contributed by atoms with E-state index < -0.39 is 6.04 Å². The molecule has 0 fully saturated rings. The Balaban J connectivity index is 2.19. The molecule has 0 aliphatic carbocycles. The van der Waals surface area contributed by atoms with Gasteiger partial charge in [0.1, 0.15) is 6.04 Å². The highest BCUT2D eigenvalue weighted by molar-refractivity contribution is 7.71. The van der Waals surface area contributed by atoms with Gasteiger partial charge in [0.05, 0.1) is 6.61 Å². The van der Waals surface area contributed by atoms with Crippen LogP contribution in [0.15, 0.2) is 30.3 Å². The van der Waals surface area contributed by atoms with Gasteiger partial charge in [-0.15, -0.1) is 0 Å². The zero-order chi connectivity index (χ0) is 13.8. The van der Waals surface area contributed by atoms with Crippen molar-refractivity contribution in [2.45, 2.75) is 6.04 Å². The van der Waals surface area contributed by atoms with Crippen LogP contribution in [0.5, 0.6) is 0 Å². The number of nitrogens with one attached hydrogen (secondary N) is 2. The van der Waals surface area contributed by atoms with Crippen LogP contribution in [-0.4, -0.2) is 32.4 Å². The Labute approximate surface area is 115 Å². The van der Waals surface area contributed by atoms with E-state index in [0.717, 1.165) is 0 Å². The van der Waals surface area contributed by atoms with Gasteiger partial charge in [0.15, 0.2) is 10.6 Å². The summed E-state index contributed by atoms with van der Waals surface area (Å²) in [6.07, 6.45) is 0. The smallest absolute Gasteiger partial charge is 0.251 e. The van der Waals surface area contributed by atoms with Crippen LogP contribution in [0, 0.1) is 4.77 Å². The molecule has 6 nitrogen and oxygen atoms in total. The first-order valence-corrected chi connectivity index (χ1v) is 6.12. The summed E-state index contributed by atoms with van der Waals surface area (Å²) in [5.41, 5.74) is 0.526. The molecule has 1 heterocycles. The number of amides is 1. The minimum absolute atomic E-state index is 0.258. The maximum Gasteiger partial charge on any atom is 0.251 e. The van der Waals surface area contributed by atoms with Gasteiger partial charge in [-0.25, -0.2) is 0 Å². The lowest BCUT2D eigenvalue weighted by atomic mass is 10.2. The molecule has 1 aromatic heterocycles. The number of aromatic amines is 1. The van der Waals surface area contributed by atoms with E-state index >= 15 is 0 Å². The fourth-order valence-corrected chi connectivity index (χ4v) is 1.83. The Kier molecular flexibility index (Phi) is 4.08. The second-order valence-corrected chi connectivity index (χ2v) is 4.41. The average Bonchev–Trinajstić information content (AvgIpc) is 2.77. The van der Waals surface area contributed by atoms with Crippen molar-refractivity contribution >= 4 is 18.1 Å². The molecule has 3 N–H and O–H groups in total. The summed E-state index contributed by atoms with van der Waals surface area (Å²) in [7, 11) is 1.72. The third-order valence-corrected chi connectivity index (χ3v) is 3.12. The molecular formula is C12H14N4O2S. The standard InChI is InChI=1S/C12H14N4O2S/c1-16-10(14-15-12(16)19)9(7-17)13-11(18)8-5-3-2-4-6-8/h2-6,9,17H,7H2,1H3,(H,13,18)(H,15,19)/t9-/m0/s1. The van der Waals surface area contributed by atoms with E-state index in [2.05, 4.69) is 15.5 Å². The Morgan fingerprint density at radius 2 is 2.21 bits per heavy atom. The number of aromatic nitrogens is 3. The third-order valence-electron chi connectivity index (χ3n) is 2.75. The van der Waals surface area contributed by atoms with Crippen molar-refractivity contribution in [2.75, 3.05) is 6.61 Å². The van der Waals surface area contributed by atoms with E-state index in [4.69, 9.17) is 12.2 Å². The molecule has 2 rings (SSSR count). The maximum atomic E-state index is 12.0. The Morgan fingerprint density at radius 1 is 1.53 bits per heavy atom. The monoisotopic (exact) mass is 278 g/mol. The van der Waals surface area contributed by atoms with E-state index in [0.29, 0.717) is 16.2 Å². The number of aliphatic hydroxyl groups is 1. The van der Waals surface area contributed by atoms with Crippen molar-refractivity contribution in [1.29, 1.82) is 0 Å². The second kappa shape index (κ2) is 5.77. The van der Waals surface area contributed by atoms with Gasteiger partial charge < -0.3 is 15.0 Å². The summed E-state index contributed by atoms with van der Waals surface area (Å²) in [5, 5.41) is 18.7. The van der Waals surface area contributed by atoms with Crippen molar-refractivity contribution in [3.05, 3.63) is 46.5 Å². The van der Waals surface area contributed by atoms with Crippen LogP contribution in [0.4, 0.5) is 0 Å². The van der Waals surface area contributed by atoms with Crippen LogP contribution in [0.3, 0.4) is 0 Å². The molecule has 1 atom stereocenters. The Morgan fingerprint density at radius 3 is 2.74 bits per heavy atom. The number of rotatable bonds is 4. The lowest BCUT2D eigenvalue weighted by Gasteiger charge is -2.15. The molecule has 0 saturated carbocycles. The second-order valence-electron chi connectivity index (χ2n) is 4.02. The molecule has 0 bridgehead atoms. The highest BCUT2D eigenvalue weighted by Gasteiger charge is 2.19. The molecule has 7 heteroatoms. The lowest BCUT2D eigenvalue weighted by Crippen LogP contribution is -2.32. The average molecular weight is 278 g/mol. The highest BCUT2D eigenvalue weighted by Crippen LogP contribution is 2.10. The fourth-order valence-electron chi connectivity index (χ4n) is 1.69. The normalized spacial score (nSPS) is 12.1. The molecule has 19 heavy (non-hydrogen) atoms. The van der Waals surface area contributed by atoms with Gasteiger partial charge in [0, 0.05) is 12.6 Å². The van der Waals surface area contributed by atoms with E-state index in [-0.39, 0.29) is 12.5 Å². The topological polar surface area (TPSA) is 82.9 Å². The predicted molar refractivity (Wildman–Crippen MR) is 72.1 cm³/mol. The number of carbonyl (C=O) groups is 1. The number of H-pyrrole nitrogens is 1. The van der Waals surface area contributed by atoms with Crippen LogP contribution < -0.4 is 5.32 Å². The van der Waals surface area contributed by atoms with Gasteiger partial charge in [0.25, 0.3) is 5.91 Å². The molecular weight excluding hydrogens is 264 g/mol. The molecule has 0 aliphatic rings. The van der Waals surface area contributed by atoms with Crippen LogP contribution in [0.2, 0.25) is 0 Å². The lowest BCUT2D eigenvalue weighted by molar-refractivity contribution is 0.0912. The van der Waals surface area contributed by atoms with Gasteiger partial charge in [-0.3, -0.25) is 9.89 Å². The molecule has 2 aromatic rings. The van der Waals surface area contributed by atoms with Gasteiger partial charge in [-0.2, -0.15) is 5.10 Å². The third kappa shape index (κ3) is 2.88. The van der Waals surface area contributed by atoms with Gasteiger partial charge in [-0.05, 0) is 24.4 Å². The van der Waals surface area contributed by atoms with Crippen LogP contribution in [0.1, 0.15) is 22.2 Å². The zero-order valence-corrected chi connectivity index (χ0v) is 11.1. The Bertz CT molecular complexity index is 620. The van der Waals surface area contributed by atoms with Gasteiger partial charge in [0.2, 0.25) is 0 Å². The fraction of sp³-hybridized carbons (Fsp3) is 0.250. The van der Waals surface area contributed by atoms with Crippen molar-refractivity contribution < 1.29 is 9.90 Å². The van der Waals surface area contributed by atoms with Crippen molar-refractivity contribution in [3.8, 4) is 0 Å². The van der Waals surface area contributed by atoms with E-state index in [1.54, 1.807) is 35.9 Å². The van der Waals surface area contributed by atoms with Crippen molar-refractivity contribution in [3.63, 3.8) is 0 Å². The van der Waals surface area contributed by atoms with Crippen LogP contribution in [0.25, 0.3) is 0 Å². The molecule has 0 spiro atoms. The summed E-state index contributed by atoms with van der Waals surface area (Å²) >= 11 is 5.00. The first-order chi connectivity index (χ1) is 9.13. The highest BCUT2D eigenvalue weighted by atomic mass is 32.1. The SMILES string of the molecule is Cn1c([C@H](CO)NC(=O)c2ccccc2)n[nH]c1=S. The van der Waals surface area contributed by atoms with Crippen LogP contribution in [-0.2, 0) is 7.05 Å². The number of hydrogen-bond acceptors (Lipinski definition) is 4. The number of benzene rings is 1. The molecule has 1 aromatic carbocycles. The van der Waals surface area contributed by atoms with Crippen molar-refractivity contribution in [2.24, 2.45) is 7.05 Å². The largest absolute Gasteiger partial charge is 0.394 e. The van der Waals surface area contributed by atoms with Gasteiger partial charge >= 0.3 is 0 Å². The summed E-state index contributed by atoms with van der Waals surface area (Å²) < 4.78 is 2.05. The first-order valence-electron chi connectivity index (χ1n) is 5.71. The maximum absolute atomic E-state index is 12.0. The number of hydrogen-bond donors (Lipinski definition) is 3. The first kappa shape index (κ1) is 13.4. The van der Waals surface area contributed by atoms with E-state index in [1.165, 1.54) is 0 Å². The predicted octanol–water partition coefficient (Wildman–Crippen LogP) is 0.941.